The first-order valence-corrected chi connectivity index (χ1v) is 10.1. The number of nitrogens with one attached hydrogen (secondary N) is 1. The summed E-state index contributed by atoms with van der Waals surface area (Å²) in [7, 11) is -2.12. The lowest BCUT2D eigenvalue weighted by molar-refractivity contribution is -0.385. The van der Waals surface area contributed by atoms with Gasteiger partial charge in [0.15, 0.2) is 0 Å². The van der Waals surface area contributed by atoms with Gasteiger partial charge in [-0.3, -0.25) is 14.9 Å². The molecule has 2 aromatic carbocycles. The van der Waals surface area contributed by atoms with E-state index < -0.39 is 20.9 Å². The number of nitrogens with zero attached hydrogens (tertiary/aromatic N) is 2. The zero-order chi connectivity index (χ0) is 20.4. The molecule has 0 aliphatic heterocycles. The molecular formula is C17H18BrN3O5S. The fourth-order valence-corrected chi connectivity index (χ4v) is 3.91. The summed E-state index contributed by atoms with van der Waals surface area (Å²) in [4.78, 5) is 22.8. The molecule has 0 heterocycles. The molecule has 0 saturated heterocycles. The Morgan fingerprint density at radius 1 is 1.19 bits per heavy atom. The van der Waals surface area contributed by atoms with Gasteiger partial charge in [0.2, 0.25) is 10.0 Å². The number of halogens is 1. The number of carbonyl (C=O) groups excluding carboxylic acids is 1. The van der Waals surface area contributed by atoms with Crippen LogP contribution in [0, 0.1) is 10.1 Å². The van der Waals surface area contributed by atoms with Gasteiger partial charge in [0.25, 0.3) is 11.6 Å². The summed E-state index contributed by atoms with van der Waals surface area (Å²) >= 11 is 3.06. The molecule has 0 unspecified atom stereocenters. The molecule has 0 aliphatic carbocycles. The lowest BCUT2D eigenvalue weighted by atomic mass is 10.2. The second-order valence-electron chi connectivity index (χ2n) is 6.02. The molecule has 27 heavy (non-hydrogen) atoms. The number of benzene rings is 2. The third kappa shape index (κ3) is 4.71. The predicted molar refractivity (Wildman–Crippen MR) is 105 cm³/mol. The topological polar surface area (TPSA) is 110 Å². The molecule has 0 fully saturated rings. The summed E-state index contributed by atoms with van der Waals surface area (Å²) in [5, 5.41) is 13.6. The largest absolute Gasteiger partial charge is 0.322 e. The molecule has 2 aromatic rings. The van der Waals surface area contributed by atoms with Crippen molar-refractivity contribution in [3.8, 4) is 0 Å². The van der Waals surface area contributed by atoms with Crippen LogP contribution in [0.1, 0.15) is 24.2 Å². The van der Waals surface area contributed by atoms with Crippen LogP contribution in [0.25, 0.3) is 0 Å². The number of hydrogen-bond donors (Lipinski definition) is 1. The highest BCUT2D eigenvalue weighted by molar-refractivity contribution is 9.10. The Balaban J connectivity index is 2.21. The third-order valence-corrected chi connectivity index (χ3v) is 6.64. The van der Waals surface area contributed by atoms with Crippen LogP contribution in [0.4, 0.5) is 11.4 Å². The SMILES string of the molecule is CC(C)N(C)S(=O)(=O)c1ccc(NC(=O)c2ccc(Br)c([N+](=O)[O-])c2)cc1. The lowest BCUT2D eigenvalue weighted by Gasteiger charge is -2.21. The maximum absolute atomic E-state index is 12.4. The number of amides is 1. The summed E-state index contributed by atoms with van der Waals surface area (Å²) in [5.41, 5.74) is 0.263. The summed E-state index contributed by atoms with van der Waals surface area (Å²) in [5.74, 6) is -0.541. The van der Waals surface area contributed by atoms with Gasteiger partial charge in [-0.1, -0.05) is 0 Å². The first kappa shape index (κ1) is 21.0. The number of rotatable bonds is 6. The van der Waals surface area contributed by atoms with Gasteiger partial charge in [-0.25, -0.2) is 8.42 Å². The van der Waals surface area contributed by atoms with Crippen LogP contribution in [-0.4, -0.2) is 36.6 Å². The van der Waals surface area contributed by atoms with E-state index in [-0.39, 0.29) is 26.7 Å². The maximum atomic E-state index is 12.4. The molecule has 0 spiro atoms. The van der Waals surface area contributed by atoms with Gasteiger partial charge in [-0.15, -0.1) is 0 Å². The van der Waals surface area contributed by atoms with Crippen molar-refractivity contribution in [2.24, 2.45) is 0 Å². The fraction of sp³-hybridized carbons (Fsp3) is 0.235. The van der Waals surface area contributed by atoms with E-state index in [0.717, 1.165) is 6.07 Å². The summed E-state index contributed by atoms with van der Waals surface area (Å²) in [6, 6.07) is 9.56. The van der Waals surface area contributed by atoms with Crippen LogP contribution in [0.3, 0.4) is 0 Å². The minimum atomic E-state index is -3.62. The monoisotopic (exact) mass is 455 g/mol. The van der Waals surface area contributed by atoms with Gasteiger partial charge in [0.05, 0.1) is 14.3 Å². The summed E-state index contributed by atoms with van der Waals surface area (Å²) < 4.78 is 26.4. The number of anilines is 1. The fourth-order valence-electron chi connectivity index (χ4n) is 2.15. The van der Waals surface area contributed by atoms with E-state index in [1.54, 1.807) is 13.8 Å². The molecular weight excluding hydrogens is 438 g/mol. The highest BCUT2D eigenvalue weighted by Gasteiger charge is 2.23. The van der Waals surface area contributed by atoms with Crippen molar-refractivity contribution >= 4 is 43.2 Å². The van der Waals surface area contributed by atoms with Crippen LogP contribution >= 0.6 is 15.9 Å². The number of carbonyl (C=O) groups is 1. The van der Waals surface area contributed by atoms with Crippen LogP contribution in [0.15, 0.2) is 51.8 Å². The number of nitro benzene ring substituents is 1. The van der Waals surface area contributed by atoms with Gasteiger partial charge in [-0.05, 0) is 66.2 Å². The zero-order valence-electron chi connectivity index (χ0n) is 14.8. The van der Waals surface area contributed by atoms with Crippen LogP contribution in [0.5, 0.6) is 0 Å². The maximum Gasteiger partial charge on any atom is 0.284 e. The van der Waals surface area contributed by atoms with E-state index >= 15 is 0 Å². The Bertz CT molecular complexity index is 975. The first-order chi connectivity index (χ1) is 12.5. The van der Waals surface area contributed by atoms with E-state index in [0.29, 0.717) is 5.69 Å². The minimum absolute atomic E-state index is 0.107. The van der Waals surface area contributed by atoms with Gasteiger partial charge in [-0.2, -0.15) is 4.31 Å². The molecule has 0 atom stereocenters. The van der Waals surface area contributed by atoms with Crippen LogP contribution in [-0.2, 0) is 10.0 Å². The number of nitro groups is 1. The average Bonchev–Trinajstić information content (AvgIpc) is 2.61. The molecule has 0 radical (unpaired) electrons. The highest BCUT2D eigenvalue weighted by Crippen LogP contribution is 2.26. The van der Waals surface area contributed by atoms with E-state index in [1.165, 1.54) is 47.8 Å². The van der Waals surface area contributed by atoms with Crippen molar-refractivity contribution in [3.05, 3.63) is 62.6 Å². The van der Waals surface area contributed by atoms with Crippen molar-refractivity contribution < 1.29 is 18.1 Å². The van der Waals surface area contributed by atoms with E-state index in [9.17, 15) is 23.3 Å². The normalized spacial score (nSPS) is 11.6. The Kier molecular flexibility index (Phi) is 6.34. The summed E-state index contributed by atoms with van der Waals surface area (Å²) in [6.45, 7) is 3.53. The van der Waals surface area contributed by atoms with Crippen molar-refractivity contribution in [3.63, 3.8) is 0 Å². The van der Waals surface area contributed by atoms with Gasteiger partial charge in [0.1, 0.15) is 0 Å². The van der Waals surface area contributed by atoms with Crippen LogP contribution < -0.4 is 5.32 Å². The molecule has 8 nitrogen and oxygen atoms in total. The second kappa shape index (κ2) is 8.15. The Labute approximate surface area is 165 Å². The van der Waals surface area contributed by atoms with E-state index in [1.807, 2.05) is 0 Å². The van der Waals surface area contributed by atoms with Gasteiger partial charge >= 0.3 is 0 Å². The van der Waals surface area contributed by atoms with Gasteiger partial charge in [0, 0.05) is 30.4 Å². The van der Waals surface area contributed by atoms with Crippen molar-refractivity contribution in [2.45, 2.75) is 24.8 Å². The molecule has 0 aliphatic rings. The molecule has 1 N–H and O–H groups in total. The molecule has 0 aromatic heterocycles. The van der Waals surface area contributed by atoms with E-state index in [4.69, 9.17) is 0 Å². The van der Waals surface area contributed by atoms with Crippen molar-refractivity contribution in [2.75, 3.05) is 12.4 Å². The zero-order valence-corrected chi connectivity index (χ0v) is 17.2. The molecule has 144 valence electrons. The predicted octanol–water partition coefficient (Wildman–Crippen LogP) is 3.64. The smallest absolute Gasteiger partial charge is 0.284 e. The molecule has 1 amide bonds. The number of hydrogen-bond acceptors (Lipinski definition) is 5. The standard InChI is InChI=1S/C17H18BrN3O5S/c1-11(2)20(3)27(25,26)14-7-5-13(6-8-14)19-17(22)12-4-9-15(18)16(10-12)21(23)24/h4-11H,1-3H3,(H,19,22). The number of sulfonamides is 1. The quantitative estimate of drug-likeness (QED) is 0.527. The van der Waals surface area contributed by atoms with Gasteiger partial charge < -0.3 is 5.32 Å². The summed E-state index contributed by atoms with van der Waals surface area (Å²) in [6.07, 6.45) is 0. The Morgan fingerprint density at radius 2 is 1.78 bits per heavy atom. The third-order valence-electron chi connectivity index (χ3n) is 3.92. The molecule has 0 saturated carbocycles. The average molecular weight is 456 g/mol. The van der Waals surface area contributed by atoms with Crippen molar-refractivity contribution in [1.29, 1.82) is 0 Å². The Hall–Kier alpha value is -2.30. The second-order valence-corrected chi connectivity index (χ2v) is 8.87. The lowest BCUT2D eigenvalue weighted by Crippen LogP contribution is -2.33. The van der Waals surface area contributed by atoms with Crippen LogP contribution in [0.2, 0.25) is 0 Å². The molecule has 10 heteroatoms. The first-order valence-electron chi connectivity index (χ1n) is 7.87. The molecule has 0 bridgehead atoms. The minimum Gasteiger partial charge on any atom is -0.322 e. The Morgan fingerprint density at radius 3 is 2.30 bits per heavy atom. The van der Waals surface area contributed by atoms with Crippen molar-refractivity contribution in [1.82, 2.24) is 4.31 Å². The highest BCUT2D eigenvalue weighted by atomic mass is 79.9. The van der Waals surface area contributed by atoms with E-state index in [2.05, 4.69) is 21.2 Å². The molecule has 2 rings (SSSR count).